The standard InChI is InChI=1S/2C7H10.C2H7ClSi/c2*1-2-7-5-3-4-6-7;1-2-4-3/h2*2-4,7H,1,5-6H2;2,4H2,1H3. The van der Waals surface area contributed by atoms with Gasteiger partial charge >= 0.3 is 0 Å². The van der Waals surface area contributed by atoms with Crippen molar-refractivity contribution in [3.05, 3.63) is 49.6 Å². The summed E-state index contributed by atoms with van der Waals surface area (Å²) >= 11 is 5.32. The Bertz CT molecular complexity index is 224. The molecule has 0 unspecified atom stereocenters. The summed E-state index contributed by atoms with van der Waals surface area (Å²) in [6.45, 7) is 9.52. The van der Waals surface area contributed by atoms with E-state index < -0.39 is 0 Å². The van der Waals surface area contributed by atoms with Gasteiger partial charge in [0, 0.05) is 0 Å². The van der Waals surface area contributed by atoms with E-state index in [0.717, 1.165) is 11.8 Å². The highest BCUT2D eigenvalue weighted by molar-refractivity contribution is 6.93. The summed E-state index contributed by atoms with van der Waals surface area (Å²) in [6, 6.07) is 1.22. The van der Waals surface area contributed by atoms with E-state index in [1.165, 1.54) is 31.7 Å². The maximum Gasteiger partial charge on any atom is 0.125 e. The third-order valence-corrected chi connectivity index (χ3v) is 4.46. The quantitative estimate of drug-likeness (QED) is 0.387. The van der Waals surface area contributed by atoms with E-state index in [1.807, 2.05) is 12.2 Å². The van der Waals surface area contributed by atoms with Gasteiger partial charge in [-0.05, 0) is 37.5 Å². The van der Waals surface area contributed by atoms with Gasteiger partial charge in [0.1, 0.15) is 8.83 Å². The molecule has 102 valence electrons. The molecule has 0 saturated heterocycles. The Labute approximate surface area is 120 Å². The van der Waals surface area contributed by atoms with Gasteiger partial charge in [0.25, 0.3) is 0 Å². The molecule has 0 radical (unpaired) electrons. The average molecular weight is 283 g/mol. The lowest BCUT2D eigenvalue weighted by atomic mass is 10.1. The van der Waals surface area contributed by atoms with Gasteiger partial charge in [-0.2, -0.15) is 11.1 Å². The molecule has 0 aromatic carbocycles. The minimum Gasteiger partial charge on any atom is -0.176 e. The first-order chi connectivity index (χ1) is 8.78. The molecule has 2 rings (SSSR count). The molecule has 0 aromatic rings. The Morgan fingerprint density at radius 2 is 1.28 bits per heavy atom. The maximum atomic E-state index is 5.32. The van der Waals surface area contributed by atoms with Gasteiger partial charge in [0.2, 0.25) is 0 Å². The van der Waals surface area contributed by atoms with Crippen LogP contribution in [0.1, 0.15) is 32.6 Å². The summed E-state index contributed by atoms with van der Waals surface area (Å²) < 4.78 is 0. The Hall–Kier alpha value is -0.533. The Morgan fingerprint density at radius 3 is 1.39 bits per heavy atom. The summed E-state index contributed by atoms with van der Waals surface area (Å²) in [5.41, 5.74) is 0. The lowest BCUT2D eigenvalue weighted by Crippen LogP contribution is -1.83. The fourth-order valence-corrected chi connectivity index (χ4v) is 1.66. The lowest BCUT2D eigenvalue weighted by Gasteiger charge is -1.95. The van der Waals surface area contributed by atoms with Crippen molar-refractivity contribution >= 4 is 19.9 Å². The second-order valence-corrected chi connectivity index (χ2v) is 7.08. The van der Waals surface area contributed by atoms with E-state index >= 15 is 0 Å². The van der Waals surface area contributed by atoms with Crippen molar-refractivity contribution in [1.29, 1.82) is 0 Å². The molecule has 0 aliphatic heterocycles. The van der Waals surface area contributed by atoms with Gasteiger partial charge in [-0.3, -0.25) is 0 Å². The zero-order valence-corrected chi connectivity index (χ0v) is 13.8. The first kappa shape index (κ1) is 17.5. The van der Waals surface area contributed by atoms with Crippen LogP contribution in [0.2, 0.25) is 6.04 Å². The van der Waals surface area contributed by atoms with Crippen LogP contribution in [0, 0.1) is 11.8 Å². The van der Waals surface area contributed by atoms with Gasteiger partial charge in [-0.15, -0.1) is 13.2 Å². The van der Waals surface area contributed by atoms with Gasteiger partial charge in [0.15, 0.2) is 0 Å². The number of rotatable bonds is 3. The Kier molecular flexibility index (Phi) is 12.5. The summed E-state index contributed by atoms with van der Waals surface area (Å²) in [5.74, 6) is 1.50. The molecule has 0 N–H and O–H groups in total. The van der Waals surface area contributed by atoms with Gasteiger partial charge in [0.05, 0.1) is 0 Å². The van der Waals surface area contributed by atoms with Crippen molar-refractivity contribution in [2.45, 2.75) is 38.7 Å². The van der Waals surface area contributed by atoms with Crippen LogP contribution in [-0.4, -0.2) is 8.83 Å². The topological polar surface area (TPSA) is 0 Å². The van der Waals surface area contributed by atoms with Crippen LogP contribution in [-0.2, 0) is 0 Å². The third-order valence-electron chi connectivity index (χ3n) is 2.94. The van der Waals surface area contributed by atoms with Crippen molar-refractivity contribution in [1.82, 2.24) is 0 Å². The van der Waals surface area contributed by atoms with Crippen molar-refractivity contribution in [2.75, 3.05) is 0 Å². The van der Waals surface area contributed by atoms with Crippen LogP contribution >= 0.6 is 11.1 Å². The molecule has 2 aliphatic rings. The van der Waals surface area contributed by atoms with E-state index in [4.69, 9.17) is 11.1 Å². The molecule has 0 aromatic heterocycles. The number of halogens is 1. The van der Waals surface area contributed by atoms with Crippen LogP contribution < -0.4 is 0 Å². The van der Waals surface area contributed by atoms with E-state index in [9.17, 15) is 0 Å². The highest BCUT2D eigenvalue weighted by atomic mass is 35.6. The number of hydrogen-bond donors (Lipinski definition) is 0. The van der Waals surface area contributed by atoms with Crippen molar-refractivity contribution in [2.24, 2.45) is 11.8 Å². The van der Waals surface area contributed by atoms with Crippen LogP contribution in [0.4, 0.5) is 0 Å². The molecule has 0 amide bonds. The molecule has 0 heterocycles. The molecule has 2 aliphatic carbocycles. The molecule has 0 bridgehead atoms. The smallest absolute Gasteiger partial charge is 0.125 e. The first-order valence-electron chi connectivity index (χ1n) is 6.89. The van der Waals surface area contributed by atoms with Crippen molar-refractivity contribution < 1.29 is 0 Å². The molecular formula is C16H27ClSi. The summed E-state index contributed by atoms with van der Waals surface area (Å²) in [7, 11) is -0.103. The predicted octanol–water partition coefficient (Wildman–Crippen LogP) is 5.02. The first-order valence-corrected chi connectivity index (χ1v) is 10.0. The molecule has 18 heavy (non-hydrogen) atoms. The molecule has 0 spiro atoms. The van der Waals surface area contributed by atoms with E-state index in [-0.39, 0.29) is 8.83 Å². The lowest BCUT2D eigenvalue weighted by molar-refractivity contribution is 0.718. The molecule has 0 nitrogen and oxygen atoms in total. The minimum absolute atomic E-state index is 0.103. The van der Waals surface area contributed by atoms with Gasteiger partial charge < -0.3 is 0 Å². The average Bonchev–Trinajstić information content (AvgIpc) is 3.11. The van der Waals surface area contributed by atoms with E-state index in [1.54, 1.807) is 0 Å². The minimum atomic E-state index is -0.103. The molecule has 0 fully saturated rings. The van der Waals surface area contributed by atoms with Crippen LogP contribution in [0.15, 0.2) is 49.6 Å². The monoisotopic (exact) mass is 282 g/mol. The van der Waals surface area contributed by atoms with E-state index in [0.29, 0.717) is 0 Å². The molecule has 0 saturated carbocycles. The second kappa shape index (κ2) is 12.9. The normalized spacial score (nSPS) is 18.3. The summed E-state index contributed by atoms with van der Waals surface area (Å²) in [6.07, 6.45) is 17.8. The van der Waals surface area contributed by atoms with Gasteiger partial charge in [-0.25, -0.2) is 0 Å². The second-order valence-electron chi connectivity index (χ2n) is 4.57. The highest BCUT2D eigenvalue weighted by Gasteiger charge is 2.03. The molecule has 0 atom stereocenters. The van der Waals surface area contributed by atoms with E-state index in [2.05, 4.69) is 44.4 Å². The van der Waals surface area contributed by atoms with Crippen molar-refractivity contribution in [3.63, 3.8) is 0 Å². The zero-order chi connectivity index (χ0) is 13.6. The van der Waals surface area contributed by atoms with Crippen LogP contribution in [0.25, 0.3) is 0 Å². The Morgan fingerprint density at radius 1 is 1.00 bits per heavy atom. The predicted molar refractivity (Wildman–Crippen MR) is 89.0 cm³/mol. The zero-order valence-electron chi connectivity index (χ0n) is 11.7. The number of hydrogen-bond acceptors (Lipinski definition) is 0. The molecular weight excluding hydrogens is 256 g/mol. The van der Waals surface area contributed by atoms with Crippen LogP contribution in [0.5, 0.6) is 0 Å². The highest BCUT2D eigenvalue weighted by Crippen LogP contribution is 2.17. The SMILES string of the molecule is C=CC1CC=CC1.C=CC1CC=CC1.CC[SiH2]Cl. The fourth-order valence-electron chi connectivity index (χ4n) is 1.66. The maximum absolute atomic E-state index is 5.32. The third kappa shape index (κ3) is 9.49. The largest absolute Gasteiger partial charge is 0.176 e. The fraction of sp³-hybridized carbons (Fsp3) is 0.500. The van der Waals surface area contributed by atoms with Gasteiger partial charge in [-0.1, -0.05) is 49.4 Å². The number of allylic oxidation sites excluding steroid dienone is 6. The Balaban J connectivity index is 0.000000253. The summed E-state index contributed by atoms with van der Waals surface area (Å²) in [4.78, 5) is 0. The van der Waals surface area contributed by atoms with Crippen molar-refractivity contribution in [3.8, 4) is 0 Å². The van der Waals surface area contributed by atoms with Crippen LogP contribution in [0.3, 0.4) is 0 Å². The summed E-state index contributed by atoms with van der Waals surface area (Å²) in [5, 5.41) is 0. The molecule has 2 heteroatoms.